The standard InChI is InChI=1S/C10H13BrO2S/c1-6(10(12)13)3-4-8-5-9(11)7(2)14-8/h5-6H,3-4H2,1-2H3,(H,12,13). The number of thiophene rings is 1. The predicted octanol–water partition coefficient (Wildman–Crippen LogP) is 3.47. The number of rotatable bonds is 4. The maximum atomic E-state index is 10.6. The van der Waals surface area contributed by atoms with E-state index in [9.17, 15) is 4.79 Å². The van der Waals surface area contributed by atoms with Crippen LogP contribution in [0.1, 0.15) is 23.1 Å². The summed E-state index contributed by atoms with van der Waals surface area (Å²) in [5.41, 5.74) is 0. The molecule has 0 aliphatic rings. The number of aliphatic carboxylic acids is 1. The van der Waals surface area contributed by atoms with Gasteiger partial charge in [0.15, 0.2) is 0 Å². The van der Waals surface area contributed by atoms with Crippen LogP contribution < -0.4 is 0 Å². The topological polar surface area (TPSA) is 37.3 Å². The maximum Gasteiger partial charge on any atom is 0.306 e. The van der Waals surface area contributed by atoms with E-state index < -0.39 is 5.97 Å². The fourth-order valence-electron chi connectivity index (χ4n) is 1.12. The molecular weight excluding hydrogens is 264 g/mol. The van der Waals surface area contributed by atoms with E-state index in [2.05, 4.69) is 28.9 Å². The van der Waals surface area contributed by atoms with Gasteiger partial charge in [-0.15, -0.1) is 11.3 Å². The van der Waals surface area contributed by atoms with Gasteiger partial charge in [-0.25, -0.2) is 0 Å². The van der Waals surface area contributed by atoms with Crippen LogP contribution in [-0.2, 0) is 11.2 Å². The second kappa shape index (κ2) is 4.94. The highest BCUT2D eigenvalue weighted by Gasteiger charge is 2.11. The Hall–Kier alpha value is -0.350. The summed E-state index contributed by atoms with van der Waals surface area (Å²) in [5.74, 6) is -0.964. The van der Waals surface area contributed by atoms with Gasteiger partial charge in [0.25, 0.3) is 0 Å². The second-order valence-corrected chi connectivity index (χ2v) is 5.59. The van der Waals surface area contributed by atoms with Gasteiger partial charge in [0.1, 0.15) is 0 Å². The van der Waals surface area contributed by atoms with E-state index in [1.807, 2.05) is 0 Å². The van der Waals surface area contributed by atoms with E-state index in [1.54, 1.807) is 18.3 Å². The molecule has 0 saturated heterocycles. The zero-order valence-corrected chi connectivity index (χ0v) is 10.6. The molecule has 0 fully saturated rings. The summed E-state index contributed by atoms with van der Waals surface area (Å²) in [7, 11) is 0. The number of carbonyl (C=O) groups is 1. The lowest BCUT2D eigenvalue weighted by Crippen LogP contribution is -2.09. The Morgan fingerprint density at radius 1 is 1.71 bits per heavy atom. The average molecular weight is 277 g/mol. The highest BCUT2D eigenvalue weighted by atomic mass is 79.9. The van der Waals surface area contributed by atoms with Crippen LogP contribution in [0.2, 0.25) is 0 Å². The number of carboxylic acid groups (broad SMARTS) is 1. The third kappa shape index (κ3) is 3.10. The molecule has 1 atom stereocenters. The van der Waals surface area contributed by atoms with Gasteiger partial charge in [-0.1, -0.05) is 6.92 Å². The summed E-state index contributed by atoms with van der Waals surface area (Å²) in [5, 5.41) is 8.71. The van der Waals surface area contributed by atoms with Crippen LogP contribution in [0.15, 0.2) is 10.5 Å². The smallest absolute Gasteiger partial charge is 0.306 e. The first-order chi connectivity index (χ1) is 6.50. The van der Waals surface area contributed by atoms with Gasteiger partial charge in [-0.2, -0.15) is 0 Å². The molecule has 1 rings (SSSR count). The molecule has 0 saturated carbocycles. The van der Waals surface area contributed by atoms with Crippen molar-refractivity contribution in [3.05, 3.63) is 20.3 Å². The number of carboxylic acids is 1. The van der Waals surface area contributed by atoms with Crippen molar-refractivity contribution in [3.8, 4) is 0 Å². The van der Waals surface area contributed by atoms with Gasteiger partial charge in [-0.05, 0) is 41.8 Å². The van der Waals surface area contributed by atoms with Crippen molar-refractivity contribution in [2.75, 3.05) is 0 Å². The lowest BCUT2D eigenvalue weighted by molar-refractivity contribution is -0.141. The van der Waals surface area contributed by atoms with Gasteiger partial charge in [-0.3, -0.25) is 4.79 Å². The van der Waals surface area contributed by atoms with Gasteiger partial charge < -0.3 is 5.11 Å². The number of aryl methyl sites for hydroxylation is 2. The zero-order valence-electron chi connectivity index (χ0n) is 8.21. The molecule has 1 heterocycles. The lowest BCUT2D eigenvalue weighted by Gasteiger charge is -2.03. The van der Waals surface area contributed by atoms with Gasteiger partial charge >= 0.3 is 5.97 Å². The van der Waals surface area contributed by atoms with Crippen molar-refractivity contribution in [1.29, 1.82) is 0 Å². The minimum atomic E-state index is -0.711. The summed E-state index contributed by atoms with van der Waals surface area (Å²) in [4.78, 5) is 13.1. The third-order valence-corrected chi connectivity index (χ3v) is 4.35. The van der Waals surface area contributed by atoms with E-state index in [4.69, 9.17) is 5.11 Å². The summed E-state index contributed by atoms with van der Waals surface area (Å²) in [6.07, 6.45) is 1.56. The summed E-state index contributed by atoms with van der Waals surface area (Å²) in [6.45, 7) is 3.80. The number of hydrogen-bond donors (Lipinski definition) is 1. The van der Waals surface area contributed by atoms with Crippen molar-refractivity contribution in [3.63, 3.8) is 0 Å². The molecule has 0 radical (unpaired) electrons. The molecule has 78 valence electrons. The third-order valence-electron chi connectivity index (χ3n) is 2.15. The van der Waals surface area contributed by atoms with Crippen LogP contribution in [0.5, 0.6) is 0 Å². The SMILES string of the molecule is Cc1sc(CCC(C)C(=O)O)cc1Br. The Balaban J connectivity index is 2.50. The van der Waals surface area contributed by atoms with E-state index in [0.29, 0.717) is 6.42 Å². The molecule has 0 aliphatic heterocycles. The largest absolute Gasteiger partial charge is 0.481 e. The molecule has 0 aromatic carbocycles. The average Bonchev–Trinajstić information content (AvgIpc) is 2.42. The zero-order chi connectivity index (χ0) is 10.7. The first-order valence-electron chi connectivity index (χ1n) is 4.48. The van der Waals surface area contributed by atoms with E-state index in [-0.39, 0.29) is 5.92 Å². The summed E-state index contributed by atoms with van der Waals surface area (Å²) >= 11 is 5.17. The van der Waals surface area contributed by atoms with Crippen LogP contribution in [0.4, 0.5) is 0 Å². The molecule has 0 aliphatic carbocycles. The van der Waals surface area contributed by atoms with E-state index in [1.165, 1.54) is 9.75 Å². The van der Waals surface area contributed by atoms with Crippen LogP contribution in [-0.4, -0.2) is 11.1 Å². The molecule has 1 aromatic heterocycles. The minimum absolute atomic E-state index is 0.254. The Labute approximate surface area is 96.1 Å². The molecule has 0 amide bonds. The maximum absolute atomic E-state index is 10.6. The predicted molar refractivity (Wildman–Crippen MR) is 61.9 cm³/mol. The van der Waals surface area contributed by atoms with Crippen LogP contribution in [0.25, 0.3) is 0 Å². The number of halogens is 1. The fraction of sp³-hybridized carbons (Fsp3) is 0.500. The highest BCUT2D eigenvalue weighted by molar-refractivity contribution is 9.10. The van der Waals surface area contributed by atoms with Crippen molar-refractivity contribution in [2.45, 2.75) is 26.7 Å². The first-order valence-corrected chi connectivity index (χ1v) is 6.09. The molecule has 1 unspecified atom stereocenters. The van der Waals surface area contributed by atoms with Crippen molar-refractivity contribution >= 4 is 33.2 Å². The molecule has 4 heteroatoms. The van der Waals surface area contributed by atoms with Crippen LogP contribution in [0, 0.1) is 12.8 Å². The highest BCUT2D eigenvalue weighted by Crippen LogP contribution is 2.27. The number of hydrogen-bond acceptors (Lipinski definition) is 2. The molecular formula is C10H13BrO2S. The van der Waals surface area contributed by atoms with Crippen molar-refractivity contribution in [2.24, 2.45) is 5.92 Å². The molecule has 1 N–H and O–H groups in total. The van der Waals surface area contributed by atoms with Gasteiger partial charge in [0.05, 0.1) is 5.92 Å². The second-order valence-electron chi connectivity index (χ2n) is 3.39. The van der Waals surface area contributed by atoms with Gasteiger partial charge in [0.2, 0.25) is 0 Å². The van der Waals surface area contributed by atoms with Gasteiger partial charge in [0, 0.05) is 14.2 Å². The quantitative estimate of drug-likeness (QED) is 0.915. The minimum Gasteiger partial charge on any atom is -0.481 e. The van der Waals surface area contributed by atoms with E-state index in [0.717, 1.165) is 10.9 Å². The Kier molecular flexibility index (Phi) is 4.13. The summed E-state index contributed by atoms with van der Waals surface area (Å²) in [6, 6.07) is 2.08. The Morgan fingerprint density at radius 2 is 2.36 bits per heavy atom. The van der Waals surface area contributed by atoms with Crippen molar-refractivity contribution < 1.29 is 9.90 Å². The van der Waals surface area contributed by atoms with Crippen LogP contribution >= 0.6 is 27.3 Å². The Bertz CT molecular complexity index is 313. The molecule has 0 bridgehead atoms. The normalized spacial score (nSPS) is 12.8. The Morgan fingerprint density at radius 3 is 2.79 bits per heavy atom. The molecule has 0 spiro atoms. The summed E-state index contributed by atoms with van der Waals surface area (Å²) < 4.78 is 1.13. The first kappa shape index (κ1) is 11.7. The monoisotopic (exact) mass is 276 g/mol. The molecule has 1 aromatic rings. The lowest BCUT2D eigenvalue weighted by atomic mass is 10.1. The fourth-order valence-corrected chi connectivity index (χ4v) is 2.74. The van der Waals surface area contributed by atoms with E-state index >= 15 is 0 Å². The molecule has 14 heavy (non-hydrogen) atoms. The molecule has 2 nitrogen and oxygen atoms in total. The van der Waals surface area contributed by atoms with Crippen molar-refractivity contribution in [1.82, 2.24) is 0 Å². The van der Waals surface area contributed by atoms with Crippen LogP contribution in [0.3, 0.4) is 0 Å².